The normalized spacial score (nSPS) is 16.7. The fraction of sp³-hybridized carbons (Fsp3) is 0.462. The van der Waals surface area contributed by atoms with Crippen molar-refractivity contribution >= 4 is 28.4 Å². The molecule has 2 N–H and O–H groups in total. The van der Waals surface area contributed by atoms with E-state index in [1.807, 2.05) is 0 Å². The summed E-state index contributed by atoms with van der Waals surface area (Å²) in [6, 6.07) is 3.50. The highest BCUT2D eigenvalue weighted by Gasteiger charge is 2.13. The minimum Gasteiger partial charge on any atom is -0.441 e. The van der Waals surface area contributed by atoms with Crippen molar-refractivity contribution in [1.82, 2.24) is 9.88 Å². The van der Waals surface area contributed by atoms with Gasteiger partial charge in [0.1, 0.15) is 5.52 Å². The second-order valence-corrected chi connectivity index (χ2v) is 5.15. The summed E-state index contributed by atoms with van der Waals surface area (Å²) in [5.41, 5.74) is 7.77. The van der Waals surface area contributed by atoms with E-state index in [9.17, 15) is 0 Å². The number of benzene rings is 1. The molecule has 0 atom stereocenters. The minimum atomic E-state index is 0.530. The highest BCUT2D eigenvalue weighted by Crippen LogP contribution is 2.26. The first-order valence-electron chi connectivity index (χ1n) is 6.29. The van der Waals surface area contributed by atoms with Crippen LogP contribution >= 0.6 is 11.6 Å². The molecule has 4 nitrogen and oxygen atoms in total. The molecule has 0 saturated carbocycles. The lowest BCUT2D eigenvalue weighted by Gasteiger charge is -2.12. The molecule has 1 aromatic heterocycles. The monoisotopic (exact) mass is 265 g/mol. The second-order valence-electron chi connectivity index (χ2n) is 4.75. The first kappa shape index (κ1) is 11.8. The van der Waals surface area contributed by atoms with E-state index in [1.165, 1.54) is 25.9 Å². The molecule has 0 amide bonds. The predicted octanol–water partition coefficient (Wildman–Crippen LogP) is 2.70. The molecule has 1 fully saturated rings. The average molecular weight is 266 g/mol. The van der Waals surface area contributed by atoms with Crippen molar-refractivity contribution in [2.75, 3.05) is 25.4 Å². The van der Waals surface area contributed by atoms with Gasteiger partial charge < -0.3 is 15.1 Å². The van der Waals surface area contributed by atoms with Gasteiger partial charge in [0.2, 0.25) is 0 Å². The Hall–Kier alpha value is -1.26. The van der Waals surface area contributed by atoms with E-state index < -0.39 is 0 Å². The topological polar surface area (TPSA) is 55.3 Å². The van der Waals surface area contributed by atoms with Crippen LogP contribution < -0.4 is 5.73 Å². The lowest BCUT2D eigenvalue weighted by molar-refractivity contribution is 0.330. The van der Waals surface area contributed by atoms with Crippen LogP contribution in [0.4, 0.5) is 5.69 Å². The Morgan fingerprint density at radius 2 is 2.11 bits per heavy atom. The predicted molar refractivity (Wildman–Crippen MR) is 72.8 cm³/mol. The van der Waals surface area contributed by atoms with Crippen molar-refractivity contribution in [3.63, 3.8) is 0 Å². The van der Waals surface area contributed by atoms with Crippen LogP contribution in [-0.4, -0.2) is 29.5 Å². The molecule has 2 heterocycles. The van der Waals surface area contributed by atoms with Gasteiger partial charge in [0.15, 0.2) is 11.5 Å². The summed E-state index contributed by atoms with van der Waals surface area (Å²) in [5.74, 6) is 0.763. The first-order valence-corrected chi connectivity index (χ1v) is 6.67. The van der Waals surface area contributed by atoms with Crippen molar-refractivity contribution in [3.05, 3.63) is 23.0 Å². The quantitative estimate of drug-likeness (QED) is 0.867. The van der Waals surface area contributed by atoms with E-state index in [1.54, 1.807) is 12.1 Å². The van der Waals surface area contributed by atoms with Gasteiger partial charge in [-0.25, -0.2) is 4.98 Å². The summed E-state index contributed by atoms with van der Waals surface area (Å²) < 4.78 is 5.69. The first-order chi connectivity index (χ1) is 8.72. The smallest absolute Gasteiger partial charge is 0.196 e. The maximum absolute atomic E-state index is 5.96. The molecule has 2 aromatic rings. The van der Waals surface area contributed by atoms with Gasteiger partial charge in [-0.3, -0.25) is 0 Å². The van der Waals surface area contributed by atoms with Gasteiger partial charge in [-0.1, -0.05) is 11.6 Å². The number of rotatable bonds is 3. The van der Waals surface area contributed by atoms with E-state index in [2.05, 4.69) is 9.88 Å². The number of hydrogen-bond acceptors (Lipinski definition) is 4. The zero-order valence-corrected chi connectivity index (χ0v) is 10.9. The molecule has 96 valence electrons. The summed E-state index contributed by atoms with van der Waals surface area (Å²) in [7, 11) is 0. The largest absolute Gasteiger partial charge is 0.441 e. The lowest BCUT2D eigenvalue weighted by Crippen LogP contribution is -2.21. The average Bonchev–Trinajstić information content (AvgIpc) is 2.96. The number of oxazole rings is 1. The Morgan fingerprint density at radius 1 is 1.33 bits per heavy atom. The van der Waals surface area contributed by atoms with Gasteiger partial charge in [-0.2, -0.15) is 0 Å². The third-order valence-corrected chi connectivity index (χ3v) is 3.72. The molecule has 1 aliphatic heterocycles. The molecular weight excluding hydrogens is 250 g/mol. The number of nitrogens with zero attached hydrogens (tertiary/aromatic N) is 2. The number of nitrogens with two attached hydrogens (primary N) is 1. The van der Waals surface area contributed by atoms with Crippen molar-refractivity contribution < 1.29 is 4.42 Å². The van der Waals surface area contributed by atoms with Gasteiger partial charge in [-0.15, -0.1) is 0 Å². The maximum atomic E-state index is 5.96. The molecule has 5 heteroatoms. The van der Waals surface area contributed by atoms with Gasteiger partial charge >= 0.3 is 0 Å². The Labute approximate surface area is 111 Å². The summed E-state index contributed by atoms with van der Waals surface area (Å²) >= 11 is 5.96. The number of aromatic nitrogens is 1. The molecule has 0 radical (unpaired) electrons. The van der Waals surface area contributed by atoms with Gasteiger partial charge in [-0.05, 0) is 32.0 Å². The Balaban J connectivity index is 1.76. The minimum absolute atomic E-state index is 0.530. The lowest BCUT2D eigenvalue weighted by atomic mass is 10.3. The molecule has 0 bridgehead atoms. The van der Waals surface area contributed by atoms with E-state index in [0.29, 0.717) is 16.3 Å². The molecule has 18 heavy (non-hydrogen) atoms. The van der Waals surface area contributed by atoms with Crippen LogP contribution in [0.25, 0.3) is 11.1 Å². The summed E-state index contributed by atoms with van der Waals surface area (Å²) in [4.78, 5) is 6.88. The number of anilines is 1. The van der Waals surface area contributed by atoms with Crippen molar-refractivity contribution in [2.24, 2.45) is 0 Å². The number of hydrogen-bond donors (Lipinski definition) is 1. The van der Waals surface area contributed by atoms with E-state index in [0.717, 1.165) is 24.4 Å². The van der Waals surface area contributed by atoms with Crippen molar-refractivity contribution in [3.8, 4) is 0 Å². The van der Waals surface area contributed by atoms with Crippen LogP contribution in [0.2, 0.25) is 5.02 Å². The second kappa shape index (κ2) is 4.78. The van der Waals surface area contributed by atoms with Crippen LogP contribution in [0.1, 0.15) is 18.7 Å². The number of nitrogen functional groups attached to an aromatic ring is 1. The molecule has 0 aliphatic carbocycles. The fourth-order valence-corrected chi connectivity index (χ4v) is 2.54. The molecule has 1 aromatic carbocycles. The zero-order valence-electron chi connectivity index (χ0n) is 10.2. The Kier molecular flexibility index (Phi) is 3.14. The molecular formula is C13H16ClN3O. The van der Waals surface area contributed by atoms with E-state index in [4.69, 9.17) is 21.8 Å². The van der Waals surface area contributed by atoms with Crippen molar-refractivity contribution in [2.45, 2.75) is 19.3 Å². The summed E-state index contributed by atoms with van der Waals surface area (Å²) in [6.45, 7) is 3.40. The molecule has 1 aliphatic rings. The van der Waals surface area contributed by atoms with Crippen LogP contribution in [0, 0.1) is 0 Å². The number of likely N-dealkylation sites (tertiary alicyclic amines) is 1. The summed E-state index contributed by atoms with van der Waals surface area (Å²) in [5, 5.41) is 0.530. The number of halogens is 1. The third kappa shape index (κ3) is 2.31. The zero-order chi connectivity index (χ0) is 12.5. The highest BCUT2D eigenvalue weighted by atomic mass is 35.5. The van der Waals surface area contributed by atoms with E-state index >= 15 is 0 Å². The molecule has 3 rings (SSSR count). The van der Waals surface area contributed by atoms with E-state index in [-0.39, 0.29) is 0 Å². The highest BCUT2D eigenvalue weighted by molar-refractivity contribution is 6.33. The summed E-state index contributed by atoms with van der Waals surface area (Å²) in [6.07, 6.45) is 3.45. The van der Waals surface area contributed by atoms with Crippen LogP contribution in [-0.2, 0) is 6.42 Å². The van der Waals surface area contributed by atoms with Crippen LogP contribution in [0.3, 0.4) is 0 Å². The van der Waals surface area contributed by atoms with Crippen molar-refractivity contribution in [1.29, 1.82) is 0 Å². The Morgan fingerprint density at radius 3 is 2.89 bits per heavy atom. The molecule has 0 spiro atoms. The van der Waals surface area contributed by atoms with Crippen LogP contribution in [0.15, 0.2) is 16.5 Å². The van der Waals surface area contributed by atoms with Gasteiger partial charge in [0, 0.05) is 19.0 Å². The third-order valence-electron chi connectivity index (χ3n) is 3.39. The van der Waals surface area contributed by atoms with Crippen LogP contribution in [0.5, 0.6) is 0 Å². The number of fused-ring (bicyclic) bond motifs is 1. The SMILES string of the molecule is Nc1cc2oc(CCN3CCCC3)nc2cc1Cl. The standard InChI is InChI=1S/C13H16ClN3O/c14-9-7-11-12(8-10(9)15)18-13(16-11)3-6-17-4-1-2-5-17/h7-8H,1-6,15H2. The maximum Gasteiger partial charge on any atom is 0.196 e. The fourth-order valence-electron chi connectivity index (χ4n) is 2.38. The Bertz CT molecular complexity index is 522. The van der Waals surface area contributed by atoms with Gasteiger partial charge in [0.05, 0.1) is 10.7 Å². The van der Waals surface area contributed by atoms with Gasteiger partial charge in [0.25, 0.3) is 0 Å². The molecule has 1 saturated heterocycles. The molecule has 0 unspecified atom stereocenters.